The summed E-state index contributed by atoms with van der Waals surface area (Å²) in [5.41, 5.74) is 0.497. The number of ether oxygens (including phenoxy) is 1. The van der Waals surface area contributed by atoms with E-state index in [1.807, 2.05) is 0 Å². The molecule has 23 heavy (non-hydrogen) atoms. The lowest BCUT2D eigenvalue weighted by Crippen LogP contribution is -2.49. The van der Waals surface area contributed by atoms with Gasteiger partial charge in [-0.05, 0) is 32.0 Å². The molecule has 0 spiro atoms. The van der Waals surface area contributed by atoms with Gasteiger partial charge in [-0.3, -0.25) is 19.3 Å². The first-order valence-corrected chi connectivity index (χ1v) is 7.83. The van der Waals surface area contributed by atoms with Crippen LogP contribution in [0.25, 0.3) is 0 Å². The number of nitrogens with zero attached hydrogens (tertiary/aromatic N) is 2. The van der Waals surface area contributed by atoms with Crippen molar-refractivity contribution in [1.82, 2.24) is 4.90 Å². The van der Waals surface area contributed by atoms with E-state index in [0.29, 0.717) is 11.4 Å². The van der Waals surface area contributed by atoms with Crippen LogP contribution in [0.3, 0.4) is 0 Å². The molecule has 0 saturated carbocycles. The Labute approximate surface area is 141 Å². The molecule has 0 aromatic heterocycles. The second-order valence-electron chi connectivity index (χ2n) is 5.39. The monoisotopic (exact) mass is 384 g/mol. The van der Waals surface area contributed by atoms with E-state index in [0.717, 1.165) is 4.47 Å². The summed E-state index contributed by atoms with van der Waals surface area (Å²) in [4.78, 5) is 38.0. The molecule has 1 N–H and O–H groups in total. The van der Waals surface area contributed by atoms with Crippen molar-refractivity contribution in [1.29, 1.82) is 0 Å². The minimum atomic E-state index is -1.09. The highest BCUT2D eigenvalue weighted by Crippen LogP contribution is 2.34. The number of hydrogen-bond donors (Lipinski definition) is 1. The van der Waals surface area contributed by atoms with E-state index in [9.17, 15) is 14.4 Å². The Hall–Kier alpha value is -2.09. The number of benzene rings is 1. The molecule has 0 radical (unpaired) electrons. The Balaban J connectivity index is 2.23. The highest BCUT2D eigenvalue weighted by molar-refractivity contribution is 9.10. The summed E-state index contributed by atoms with van der Waals surface area (Å²) >= 11 is 3.32. The fraction of sp³-hybridized carbons (Fsp3) is 0.400. The van der Waals surface area contributed by atoms with Gasteiger partial charge in [-0.15, -0.1) is 0 Å². The quantitative estimate of drug-likeness (QED) is 0.830. The van der Waals surface area contributed by atoms with Gasteiger partial charge in [0.2, 0.25) is 5.91 Å². The summed E-state index contributed by atoms with van der Waals surface area (Å²) in [6.45, 7) is 2.68. The molecule has 124 valence electrons. The van der Waals surface area contributed by atoms with Gasteiger partial charge in [0.1, 0.15) is 18.8 Å². The number of carbonyl (C=O) groups is 3. The number of halogens is 1. The first-order valence-electron chi connectivity index (χ1n) is 7.03. The van der Waals surface area contributed by atoms with Gasteiger partial charge in [0.25, 0.3) is 5.91 Å². The number of carbonyl (C=O) groups excluding carboxylic acids is 2. The predicted molar refractivity (Wildman–Crippen MR) is 86.5 cm³/mol. The number of rotatable bonds is 5. The van der Waals surface area contributed by atoms with Gasteiger partial charge in [0, 0.05) is 10.5 Å². The zero-order valence-electron chi connectivity index (χ0n) is 12.8. The number of hydrogen-bond acceptors (Lipinski definition) is 4. The van der Waals surface area contributed by atoms with Gasteiger partial charge in [-0.1, -0.05) is 15.9 Å². The van der Waals surface area contributed by atoms with Crippen LogP contribution in [0.4, 0.5) is 5.69 Å². The normalized spacial score (nSPS) is 13.6. The highest BCUT2D eigenvalue weighted by Gasteiger charge is 2.30. The van der Waals surface area contributed by atoms with E-state index in [1.165, 1.54) is 9.80 Å². The third-order valence-electron chi connectivity index (χ3n) is 3.41. The molecule has 2 rings (SSSR count). The smallest absolute Gasteiger partial charge is 0.323 e. The first kappa shape index (κ1) is 17.3. The third-order valence-corrected chi connectivity index (χ3v) is 3.90. The maximum absolute atomic E-state index is 12.4. The van der Waals surface area contributed by atoms with Gasteiger partial charge in [0.15, 0.2) is 6.61 Å². The predicted octanol–water partition coefficient (Wildman–Crippen LogP) is 1.50. The zero-order chi connectivity index (χ0) is 17.1. The molecular formula is C15H17BrN2O5. The van der Waals surface area contributed by atoms with Gasteiger partial charge < -0.3 is 14.7 Å². The van der Waals surface area contributed by atoms with E-state index in [-0.39, 0.29) is 25.1 Å². The SMILES string of the molecule is CC(C)N(CC(=O)O)C(=O)CN1C(=O)COc2cc(Br)ccc21. The van der Waals surface area contributed by atoms with E-state index >= 15 is 0 Å². The maximum atomic E-state index is 12.4. The minimum Gasteiger partial charge on any atom is -0.482 e. The Kier molecular flexibility index (Phi) is 5.25. The molecule has 1 aromatic rings. The number of aliphatic carboxylic acids is 1. The number of carboxylic acids is 1. The second-order valence-corrected chi connectivity index (χ2v) is 6.31. The molecule has 1 aliphatic heterocycles. The summed E-state index contributed by atoms with van der Waals surface area (Å²) < 4.78 is 6.16. The number of amides is 2. The standard InChI is InChI=1S/C15H17BrN2O5/c1-9(2)17(7-15(21)22)13(19)6-18-11-4-3-10(16)5-12(11)23-8-14(18)20/h3-5,9H,6-8H2,1-2H3,(H,21,22). The fourth-order valence-corrected chi connectivity index (χ4v) is 2.62. The van der Waals surface area contributed by atoms with Crippen molar-refractivity contribution < 1.29 is 24.2 Å². The first-order chi connectivity index (χ1) is 10.8. The van der Waals surface area contributed by atoms with Crippen LogP contribution in [0.15, 0.2) is 22.7 Å². The van der Waals surface area contributed by atoms with Crippen molar-refractivity contribution in [2.75, 3.05) is 24.6 Å². The molecule has 0 bridgehead atoms. The highest BCUT2D eigenvalue weighted by atomic mass is 79.9. The summed E-state index contributed by atoms with van der Waals surface area (Å²) in [5, 5.41) is 8.93. The summed E-state index contributed by atoms with van der Waals surface area (Å²) in [5.74, 6) is -1.36. The molecule has 7 nitrogen and oxygen atoms in total. The van der Waals surface area contributed by atoms with Crippen LogP contribution in [-0.4, -0.2) is 53.5 Å². The molecule has 8 heteroatoms. The molecule has 0 atom stereocenters. The lowest BCUT2D eigenvalue weighted by Gasteiger charge is -2.32. The lowest BCUT2D eigenvalue weighted by molar-refractivity contribution is -0.145. The molecule has 0 unspecified atom stereocenters. The van der Waals surface area contributed by atoms with Crippen LogP contribution in [-0.2, 0) is 14.4 Å². The molecule has 1 aromatic carbocycles. The van der Waals surface area contributed by atoms with E-state index in [1.54, 1.807) is 32.0 Å². The minimum absolute atomic E-state index is 0.155. The second kappa shape index (κ2) is 6.99. The third kappa shape index (κ3) is 4.01. The van der Waals surface area contributed by atoms with Crippen molar-refractivity contribution in [2.24, 2.45) is 0 Å². The summed E-state index contributed by atoms with van der Waals surface area (Å²) in [6, 6.07) is 4.87. The van der Waals surface area contributed by atoms with Crippen molar-refractivity contribution in [3.63, 3.8) is 0 Å². The van der Waals surface area contributed by atoms with E-state index in [4.69, 9.17) is 9.84 Å². The van der Waals surface area contributed by atoms with Crippen LogP contribution in [0.2, 0.25) is 0 Å². The molecule has 1 heterocycles. The fourth-order valence-electron chi connectivity index (χ4n) is 2.28. The van der Waals surface area contributed by atoms with Gasteiger partial charge in [0.05, 0.1) is 5.69 Å². The van der Waals surface area contributed by atoms with Crippen molar-refractivity contribution in [2.45, 2.75) is 19.9 Å². The Morgan fingerprint density at radius 2 is 2.13 bits per heavy atom. The van der Waals surface area contributed by atoms with Crippen LogP contribution in [0.5, 0.6) is 5.75 Å². The van der Waals surface area contributed by atoms with Crippen LogP contribution < -0.4 is 9.64 Å². The average Bonchev–Trinajstić information content (AvgIpc) is 2.47. The van der Waals surface area contributed by atoms with E-state index < -0.39 is 18.4 Å². The Bertz CT molecular complexity index is 647. The van der Waals surface area contributed by atoms with Crippen LogP contribution >= 0.6 is 15.9 Å². The Morgan fingerprint density at radius 1 is 1.43 bits per heavy atom. The van der Waals surface area contributed by atoms with Gasteiger partial charge in [-0.2, -0.15) is 0 Å². The molecule has 1 aliphatic rings. The van der Waals surface area contributed by atoms with Crippen molar-refractivity contribution in [3.8, 4) is 5.75 Å². The molecule has 0 fully saturated rings. The Morgan fingerprint density at radius 3 is 2.74 bits per heavy atom. The maximum Gasteiger partial charge on any atom is 0.323 e. The van der Waals surface area contributed by atoms with Gasteiger partial charge >= 0.3 is 5.97 Å². The van der Waals surface area contributed by atoms with Crippen LogP contribution in [0, 0.1) is 0 Å². The van der Waals surface area contributed by atoms with Gasteiger partial charge in [-0.25, -0.2) is 0 Å². The van der Waals surface area contributed by atoms with Crippen molar-refractivity contribution >= 4 is 39.4 Å². The molecule has 0 aliphatic carbocycles. The number of anilines is 1. The summed E-state index contributed by atoms with van der Waals surface area (Å²) in [6.07, 6.45) is 0. The largest absolute Gasteiger partial charge is 0.482 e. The lowest BCUT2D eigenvalue weighted by atomic mass is 10.2. The summed E-state index contributed by atoms with van der Waals surface area (Å²) in [7, 11) is 0. The number of carboxylic acid groups (broad SMARTS) is 1. The molecular weight excluding hydrogens is 368 g/mol. The van der Waals surface area contributed by atoms with Crippen LogP contribution in [0.1, 0.15) is 13.8 Å². The zero-order valence-corrected chi connectivity index (χ0v) is 14.4. The number of fused-ring (bicyclic) bond motifs is 1. The van der Waals surface area contributed by atoms with E-state index in [2.05, 4.69) is 15.9 Å². The molecule has 2 amide bonds. The van der Waals surface area contributed by atoms with Crippen molar-refractivity contribution in [3.05, 3.63) is 22.7 Å². The topological polar surface area (TPSA) is 87.2 Å². The molecule has 0 saturated heterocycles. The average molecular weight is 385 g/mol.